The largest absolute Gasteiger partial charge is 0.480 e. The smallest absolute Gasteiger partial charge is 0.326 e. The number of anilines is 2. The van der Waals surface area contributed by atoms with E-state index in [4.69, 9.17) is 10.8 Å². The maximum absolute atomic E-state index is 11.3. The summed E-state index contributed by atoms with van der Waals surface area (Å²) in [5, 5.41) is 18.5. The Labute approximate surface area is 95.7 Å². The SMILES string of the molecule is Nc1c(N2CC(O)CC2C(=O)O)nc[nH]c1=O. The van der Waals surface area contributed by atoms with Crippen molar-refractivity contribution in [2.75, 3.05) is 17.2 Å². The normalized spacial score (nSPS) is 23.9. The van der Waals surface area contributed by atoms with Crippen LogP contribution in [0.5, 0.6) is 0 Å². The van der Waals surface area contributed by atoms with E-state index in [1.165, 1.54) is 4.90 Å². The number of aliphatic hydroxyl groups is 1. The number of carboxylic acid groups (broad SMARTS) is 1. The Bertz CT molecular complexity index is 500. The van der Waals surface area contributed by atoms with Crippen molar-refractivity contribution in [2.24, 2.45) is 0 Å². The van der Waals surface area contributed by atoms with Gasteiger partial charge < -0.3 is 25.8 Å². The number of nitrogen functional groups attached to an aromatic ring is 1. The van der Waals surface area contributed by atoms with Crippen molar-refractivity contribution in [1.82, 2.24) is 9.97 Å². The number of H-pyrrole nitrogens is 1. The number of nitrogens with one attached hydrogen (secondary N) is 1. The van der Waals surface area contributed by atoms with E-state index in [1.807, 2.05) is 0 Å². The second kappa shape index (κ2) is 4.06. The summed E-state index contributed by atoms with van der Waals surface area (Å²) >= 11 is 0. The van der Waals surface area contributed by atoms with E-state index in [9.17, 15) is 14.7 Å². The summed E-state index contributed by atoms with van der Waals surface area (Å²) in [4.78, 5) is 29.8. The molecule has 1 saturated heterocycles. The average Bonchev–Trinajstić information content (AvgIpc) is 2.64. The van der Waals surface area contributed by atoms with Gasteiger partial charge in [-0.05, 0) is 0 Å². The fourth-order valence-corrected chi connectivity index (χ4v) is 1.91. The van der Waals surface area contributed by atoms with Crippen LogP contribution in [0.1, 0.15) is 6.42 Å². The Morgan fingerprint density at radius 3 is 3.00 bits per heavy atom. The van der Waals surface area contributed by atoms with Crippen molar-refractivity contribution in [3.05, 3.63) is 16.7 Å². The number of nitrogens with two attached hydrogens (primary N) is 1. The number of β-amino-alcohol motifs (C(OH)–C–C–N with tert-alkyl or cyclic N) is 1. The molecule has 1 fully saturated rings. The van der Waals surface area contributed by atoms with E-state index in [2.05, 4.69) is 9.97 Å². The lowest BCUT2D eigenvalue weighted by molar-refractivity contribution is -0.138. The van der Waals surface area contributed by atoms with Crippen LogP contribution in [-0.4, -0.2) is 44.8 Å². The molecule has 2 unspecified atom stereocenters. The third-order valence-corrected chi connectivity index (χ3v) is 2.70. The highest BCUT2D eigenvalue weighted by molar-refractivity contribution is 5.80. The van der Waals surface area contributed by atoms with Crippen LogP contribution in [0.25, 0.3) is 0 Å². The zero-order valence-corrected chi connectivity index (χ0v) is 8.83. The Morgan fingerprint density at radius 1 is 1.65 bits per heavy atom. The zero-order chi connectivity index (χ0) is 12.6. The first-order valence-corrected chi connectivity index (χ1v) is 5.01. The summed E-state index contributed by atoms with van der Waals surface area (Å²) in [5.74, 6) is -0.985. The second-order valence-electron chi connectivity index (χ2n) is 3.86. The third kappa shape index (κ3) is 1.94. The number of rotatable bonds is 2. The molecule has 0 radical (unpaired) electrons. The molecule has 2 rings (SSSR count). The lowest BCUT2D eigenvalue weighted by atomic mass is 10.2. The van der Waals surface area contributed by atoms with Crippen LogP contribution in [0.2, 0.25) is 0 Å². The molecule has 5 N–H and O–H groups in total. The Morgan fingerprint density at radius 2 is 2.35 bits per heavy atom. The van der Waals surface area contributed by atoms with Gasteiger partial charge in [0.05, 0.1) is 12.4 Å². The molecule has 0 aliphatic carbocycles. The molecule has 17 heavy (non-hydrogen) atoms. The molecule has 0 bridgehead atoms. The summed E-state index contributed by atoms with van der Waals surface area (Å²) in [6.07, 6.45) is 0.470. The van der Waals surface area contributed by atoms with Crippen molar-refractivity contribution in [3.63, 3.8) is 0 Å². The van der Waals surface area contributed by atoms with Gasteiger partial charge in [-0.15, -0.1) is 0 Å². The first-order valence-electron chi connectivity index (χ1n) is 5.01. The molecule has 2 atom stereocenters. The van der Waals surface area contributed by atoms with Crippen LogP contribution in [0.4, 0.5) is 11.5 Å². The number of aliphatic carboxylic acids is 1. The van der Waals surface area contributed by atoms with Gasteiger partial charge in [-0.25, -0.2) is 9.78 Å². The highest BCUT2D eigenvalue weighted by Gasteiger charge is 2.37. The number of aromatic nitrogens is 2. The summed E-state index contributed by atoms with van der Waals surface area (Å²) in [6, 6.07) is -0.915. The van der Waals surface area contributed by atoms with Gasteiger partial charge in [0.2, 0.25) is 0 Å². The summed E-state index contributed by atoms with van der Waals surface area (Å²) in [5.41, 5.74) is 4.87. The van der Waals surface area contributed by atoms with Gasteiger partial charge in [0, 0.05) is 13.0 Å². The molecule has 1 aliphatic rings. The van der Waals surface area contributed by atoms with E-state index in [0.29, 0.717) is 0 Å². The van der Waals surface area contributed by atoms with Gasteiger partial charge in [0.1, 0.15) is 11.7 Å². The predicted octanol–water partition coefficient (Wildman–Crippen LogP) is -1.62. The minimum atomic E-state index is -1.08. The number of hydrogen-bond donors (Lipinski definition) is 4. The van der Waals surface area contributed by atoms with Gasteiger partial charge >= 0.3 is 5.97 Å². The van der Waals surface area contributed by atoms with Crippen LogP contribution >= 0.6 is 0 Å². The van der Waals surface area contributed by atoms with Crippen LogP contribution in [0.15, 0.2) is 11.1 Å². The molecule has 1 aromatic rings. The molecule has 8 heteroatoms. The minimum Gasteiger partial charge on any atom is -0.480 e. The monoisotopic (exact) mass is 240 g/mol. The quantitative estimate of drug-likeness (QED) is 0.488. The predicted molar refractivity (Wildman–Crippen MR) is 58.7 cm³/mol. The average molecular weight is 240 g/mol. The minimum absolute atomic E-state index is 0.0866. The van der Waals surface area contributed by atoms with E-state index in [0.717, 1.165) is 6.33 Å². The first-order chi connectivity index (χ1) is 8.00. The van der Waals surface area contributed by atoms with Gasteiger partial charge in [0.25, 0.3) is 5.56 Å². The van der Waals surface area contributed by atoms with Gasteiger partial charge in [-0.2, -0.15) is 0 Å². The molecule has 0 aromatic carbocycles. The number of carboxylic acids is 1. The standard InChI is InChI=1S/C9H12N4O4/c10-6-7(11-3-12-8(6)15)13-2-4(14)1-5(13)9(16)17/h3-5,14H,1-2,10H2,(H,16,17)(H,11,12,15). The number of aliphatic hydroxyl groups excluding tert-OH is 1. The van der Waals surface area contributed by atoms with Gasteiger partial charge in [0.15, 0.2) is 5.82 Å². The number of hydrogen-bond acceptors (Lipinski definition) is 6. The fraction of sp³-hybridized carbons (Fsp3) is 0.444. The van der Waals surface area contributed by atoms with Gasteiger partial charge in [-0.1, -0.05) is 0 Å². The lowest BCUT2D eigenvalue weighted by Crippen LogP contribution is -2.38. The summed E-state index contributed by atoms with van der Waals surface area (Å²) in [6.45, 7) is 0.0949. The highest BCUT2D eigenvalue weighted by Crippen LogP contribution is 2.26. The Hall–Kier alpha value is -2.09. The maximum atomic E-state index is 11.3. The zero-order valence-electron chi connectivity index (χ0n) is 8.83. The molecule has 0 spiro atoms. The van der Waals surface area contributed by atoms with Crippen molar-refractivity contribution < 1.29 is 15.0 Å². The molecule has 8 nitrogen and oxygen atoms in total. The molecule has 1 aromatic heterocycles. The van der Waals surface area contributed by atoms with Crippen LogP contribution in [0.3, 0.4) is 0 Å². The maximum Gasteiger partial charge on any atom is 0.326 e. The van der Waals surface area contributed by atoms with Crippen molar-refractivity contribution in [2.45, 2.75) is 18.6 Å². The molecule has 0 saturated carbocycles. The van der Waals surface area contributed by atoms with E-state index in [-0.39, 0.29) is 24.5 Å². The fourth-order valence-electron chi connectivity index (χ4n) is 1.91. The van der Waals surface area contributed by atoms with E-state index in [1.54, 1.807) is 0 Å². The summed E-state index contributed by atoms with van der Waals surface area (Å²) in [7, 11) is 0. The van der Waals surface area contributed by atoms with Gasteiger partial charge in [-0.3, -0.25) is 4.79 Å². The molecule has 1 aliphatic heterocycles. The van der Waals surface area contributed by atoms with E-state index < -0.39 is 23.7 Å². The Kier molecular flexibility index (Phi) is 2.72. The second-order valence-corrected chi connectivity index (χ2v) is 3.86. The molecule has 0 amide bonds. The van der Waals surface area contributed by atoms with Crippen LogP contribution < -0.4 is 16.2 Å². The Balaban J connectivity index is 2.42. The number of carbonyl (C=O) groups is 1. The molecule has 92 valence electrons. The molecular formula is C9H12N4O4. The van der Waals surface area contributed by atoms with Crippen LogP contribution in [-0.2, 0) is 4.79 Å². The lowest BCUT2D eigenvalue weighted by Gasteiger charge is -2.22. The first kappa shape index (κ1) is 11.4. The number of nitrogens with zero attached hydrogens (tertiary/aromatic N) is 2. The summed E-state index contributed by atoms with van der Waals surface area (Å²) < 4.78 is 0. The highest BCUT2D eigenvalue weighted by atomic mass is 16.4. The van der Waals surface area contributed by atoms with E-state index >= 15 is 0 Å². The van der Waals surface area contributed by atoms with Crippen molar-refractivity contribution >= 4 is 17.5 Å². The number of aromatic amines is 1. The molecular weight excluding hydrogens is 228 g/mol. The molecule has 2 heterocycles. The third-order valence-electron chi connectivity index (χ3n) is 2.70. The topological polar surface area (TPSA) is 133 Å². The van der Waals surface area contributed by atoms with Crippen LogP contribution in [0, 0.1) is 0 Å². The van der Waals surface area contributed by atoms with Crippen molar-refractivity contribution in [1.29, 1.82) is 0 Å². The van der Waals surface area contributed by atoms with Crippen molar-refractivity contribution in [3.8, 4) is 0 Å².